The van der Waals surface area contributed by atoms with Gasteiger partial charge >= 0.3 is 0 Å². The zero-order chi connectivity index (χ0) is 16.6. The van der Waals surface area contributed by atoms with Gasteiger partial charge in [-0.2, -0.15) is 5.26 Å². The highest BCUT2D eigenvalue weighted by Crippen LogP contribution is 2.42. The summed E-state index contributed by atoms with van der Waals surface area (Å²) < 4.78 is 0.892. The molecule has 2 aliphatic heterocycles. The predicted octanol–water partition coefficient (Wildman–Crippen LogP) is 3.23. The molecule has 0 saturated carbocycles. The van der Waals surface area contributed by atoms with Crippen molar-refractivity contribution < 1.29 is 9.59 Å². The number of benzene rings is 1. The second-order valence-corrected chi connectivity index (χ2v) is 7.12. The molecule has 3 atom stereocenters. The highest BCUT2D eigenvalue weighted by Gasteiger charge is 2.53. The Bertz CT molecular complexity index is 766. The van der Waals surface area contributed by atoms with E-state index in [4.69, 9.17) is 11.6 Å². The van der Waals surface area contributed by atoms with E-state index in [-0.39, 0.29) is 18.0 Å². The number of alkyl halides is 1. The third-order valence-corrected chi connectivity index (χ3v) is 5.12. The third kappa shape index (κ3) is 2.85. The minimum atomic E-state index is -1.14. The molecular weight excluding hydrogens is 380 g/mol. The quantitative estimate of drug-likeness (QED) is 0.451. The van der Waals surface area contributed by atoms with Gasteiger partial charge in [-0.3, -0.25) is 9.59 Å². The molecule has 3 unspecified atom stereocenters. The van der Waals surface area contributed by atoms with Crippen LogP contribution in [0.3, 0.4) is 0 Å². The summed E-state index contributed by atoms with van der Waals surface area (Å²) in [7, 11) is 0. The van der Waals surface area contributed by atoms with Gasteiger partial charge in [0.1, 0.15) is 0 Å². The first-order valence-electron chi connectivity index (χ1n) is 7.02. The minimum Gasteiger partial charge on any atom is -0.358 e. The van der Waals surface area contributed by atoms with Crippen LogP contribution in [0.2, 0.25) is 0 Å². The number of halogens is 2. The van der Waals surface area contributed by atoms with Crippen molar-refractivity contribution >= 4 is 39.1 Å². The maximum absolute atomic E-state index is 12.2. The first-order chi connectivity index (χ1) is 10.9. The van der Waals surface area contributed by atoms with E-state index in [1.54, 1.807) is 41.4 Å². The Morgan fingerprint density at radius 2 is 2.13 bits per heavy atom. The number of carbonyl (C=O) groups is 2. The van der Waals surface area contributed by atoms with Crippen LogP contribution in [-0.2, 0) is 4.79 Å². The normalized spacial score (nSPS) is 29.1. The van der Waals surface area contributed by atoms with Crippen LogP contribution in [0.1, 0.15) is 16.8 Å². The van der Waals surface area contributed by atoms with Crippen molar-refractivity contribution in [2.75, 3.05) is 0 Å². The lowest BCUT2D eigenvalue weighted by molar-refractivity contribution is -0.118. The van der Waals surface area contributed by atoms with Crippen LogP contribution in [-0.4, -0.2) is 33.4 Å². The zero-order valence-corrected chi connectivity index (χ0v) is 14.3. The predicted molar refractivity (Wildman–Crippen MR) is 90.0 cm³/mol. The number of fused-ring (bicyclic) bond motifs is 2. The van der Waals surface area contributed by atoms with Gasteiger partial charge in [-0.05, 0) is 30.3 Å². The van der Waals surface area contributed by atoms with Crippen molar-refractivity contribution in [3.63, 3.8) is 0 Å². The van der Waals surface area contributed by atoms with Gasteiger partial charge in [0.25, 0.3) is 0 Å². The Morgan fingerprint density at radius 3 is 2.78 bits per heavy atom. The molecule has 1 saturated heterocycles. The Balaban J connectivity index is 1.84. The molecule has 0 radical (unpaired) electrons. The lowest BCUT2D eigenvalue weighted by atomic mass is 10.0. The molecule has 0 spiro atoms. The molecule has 0 amide bonds. The van der Waals surface area contributed by atoms with E-state index < -0.39 is 17.0 Å². The van der Waals surface area contributed by atoms with E-state index in [9.17, 15) is 14.9 Å². The van der Waals surface area contributed by atoms with Crippen LogP contribution < -0.4 is 0 Å². The Kier molecular flexibility index (Phi) is 4.13. The lowest BCUT2D eigenvalue weighted by Gasteiger charge is -2.30. The fourth-order valence-corrected chi connectivity index (χ4v) is 3.50. The van der Waals surface area contributed by atoms with E-state index in [1.165, 1.54) is 12.2 Å². The minimum absolute atomic E-state index is 0.0974. The smallest absolute Gasteiger partial charge is 0.187 e. The Labute approximate surface area is 147 Å². The zero-order valence-electron chi connectivity index (χ0n) is 11.9. The number of hydrogen-bond donors (Lipinski definition) is 0. The molecule has 0 N–H and O–H groups in total. The summed E-state index contributed by atoms with van der Waals surface area (Å²) in [6.45, 7) is 0. The molecule has 0 aliphatic carbocycles. The van der Waals surface area contributed by atoms with Crippen molar-refractivity contribution in [1.82, 2.24) is 4.90 Å². The number of hydrogen-bond acceptors (Lipinski definition) is 4. The van der Waals surface area contributed by atoms with Gasteiger partial charge in [0.05, 0.1) is 18.2 Å². The van der Waals surface area contributed by atoms with Gasteiger partial charge in [-0.25, -0.2) is 0 Å². The van der Waals surface area contributed by atoms with E-state index >= 15 is 0 Å². The summed E-state index contributed by atoms with van der Waals surface area (Å²) >= 11 is 9.65. The molecule has 3 rings (SSSR count). The molecule has 2 aliphatic rings. The average molecular weight is 392 g/mol. The molecule has 0 aromatic heterocycles. The molecule has 23 heavy (non-hydrogen) atoms. The summed E-state index contributed by atoms with van der Waals surface area (Å²) in [5.41, 5.74) is 0.549. The summed E-state index contributed by atoms with van der Waals surface area (Å²) in [5, 5.41) is 9.31. The van der Waals surface area contributed by atoms with Gasteiger partial charge < -0.3 is 4.90 Å². The Hall–Kier alpha value is -1.90. The topological polar surface area (TPSA) is 61.2 Å². The van der Waals surface area contributed by atoms with Crippen LogP contribution in [0.4, 0.5) is 0 Å². The first-order valence-corrected chi connectivity index (χ1v) is 8.19. The highest BCUT2D eigenvalue weighted by molar-refractivity contribution is 9.10. The monoisotopic (exact) mass is 390 g/mol. The van der Waals surface area contributed by atoms with E-state index in [0.29, 0.717) is 5.56 Å². The van der Waals surface area contributed by atoms with Crippen LogP contribution in [0.25, 0.3) is 0 Å². The van der Waals surface area contributed by atoms with Crippen LogP contribution in [0.5, 0.6) is 0 Å². The molecule has 2 bridgehead atoms. The summed E-state index contributed by atoms with van der Waals surface area (Å²) in [6.07, 6.45) is 6.34. The largest absolute Gasteiger partial charge is 0.358 e. The fraction of sp³-hybridized carbons (Fsp3) is 0.235. The molecule has 116 valence electrons. The molecule has 1 aromatic carbocycles. The number of ketones is 2. The van der Waals surface area contributed by atoms with Gasteiger partial charge in [-0.1, -0.05) is 33.6 Å². The van der Waals surface area contributed by atoms with Crippen molar-refractivity contribution in [2.24, 2.45) is 0 Å². The van der Waals surface area contributed by atoms with Crippen LogP contribution in [0.15, 0.2) is 53.2 Å². The van der Waals surface area contributed by atoms with Crippen molar-refractivity contribution in [3.05, 3.63) is 58.7 Å². The fourth-order valence-electron chi connectivity index (χ4n) is 2.91. The maximum atomic E-state index is 12.2. The van der Waals surface area contributed by atoms with E-state index in [0.717, 1.165) is 4.47 Å². The van der Waals surface area contributed by atoms with Crippen LogP contribution >= 0.6 is 27.5 Å². The number of allylic oxidation sites excluding steroid dienone is 1. The van der Waals surface area contributed by atoms with Gasteiger partial charge in [0, 0.05) is 28.7 Å². The Morgan fingerprint density at radius 1 is 1.43 bits per heavy atom. The SMILES string of the molecule is N#CC1(Cl)CC2C(=O)C=CC1N2C=CC(=O)c1ccc(Br)cc1. The van der Waals surface area contributed by atoms with E-state index in [2.05, 4.69) is 22.0 Å². The van der Waals surface area contributed by atoms with Gasteiger partial charge in [0.15, 0.2) is 16.4 Å². The lowest BCUT2D eigenvalue weighted by Crippen LogP contribution is -2.41. The molecular formula is C17H12BrClN2O2. The standard InChI is InChI=1S/C17H12BrClN2O2/c18-12-3-1-11(2-4-12)14(22)7-8-21-13-9-17(19,10-20)16(21)6-5-15(13)23/h1-8,13,16H,9H2. The van der Waals surface area contributed by atoms with E-state index in [1.807, 2.05) is 0 Å². The number of nitriles is 1. The molecule has 6 heteroatoms. The molecule has 1 fully saturated rings. The van der Waals surface area contributed by atoms with Crippen molar-refractivity contribution in [2.45, 2.75) is 23.4 Å². The third-order valence-electron chi connectivity index (χ3n) is 4.12. The molecule has 1 aromatic rings. The molecule has 4 nitrogen and oxygen atoms in total. The average Bonchev–Trinajstić information content (AvgIpc) is 2.76. The van der Waals surface area contributed by atoms with Gasteiger partial charge in [-0.15, -0.1) is 0 Å². The second-order valence-electron chi connectivity index (χ2n) is 5.53. The summed E-state index contributed by atoms with van der Waals surface area (Å²) in [5.74, 6) is -0.268. The van der Waals surface area contributed by atoms with Gasteiger partial charge in [0.2, 0.25) is 0 Å². The van der Waals surface area contributed by atoms with Crippen molar-refractivity contribution in [1.29, 1.82) is 5.26 Å². The van der Waals surface area contributed by atoms with Crippen molar-refractivity contribution in [3.8, 4) is 6.07 Å². The number of carbonyl (C=O) groups excluding carboxylic acids is 2. The second kappa shape index (κ2) is 5.95. The summed E-state index contributed by atoms with van der Waals surface area (Å²) in [6, 6.07) is 8.19. The van der Waals surface area contributed by atoms with Crippen LogP contribution in [0, 0.1) is 11.3 Å². The molecule has 2 heterocycles. The first kappa shape index (κ1) is 16.0. The highest BCUT2D eigenvalue weighted by atomic mass is 79.9. The maximum Gasteiger partial charge on any atom is 0.187 e. The number of nitrogens with zero attached hydrogens (tertiary/aromatic N) is 2. The number of rotatable bonds is 3. The summed E-state index contributed by atoms with van der Waals surface area (Å²) in [4.78, 5) is 24.8.